The largest absolute Gasteiger partial charge is 0.339 e. The summed E-state index contributed by atoms with van der Waals surface area (Å²) in [7, 11) is 0. The van der Waals surface area contributed by atoms with Gasteiger partial charge in [-0.05, 0) is 38.5 Å². The lowest BCUT2D eigenvalue weighted by Gasteiger charge is -2.26. The summed E-state index contributed by atoms with van der Waals surface area (Å²) in [4.78, 5) is 1.89. The maximum atomic E-state index is 2.62. The molecule has 2 fully saturated rings. The van der Waals surface area contributed by atoms with Gasteiger partial charge in [-0.3, -0.25) is 0 Å². The molecule has 0 amide bonds. The van der Waals surface area contributed by atoms with Crippen molar-refractivity contribution in [2.24, 2.45) is 0 Å². The Morgan fingerprint density at radius 1 is 0.929 bits per heavy atom. The lowest BCUT2D eigenvalue weighted by Crippen LogP contribution is -3.16. The molecule has 1 atom stereocenters. The van der Waals surface area contributed by atoms with E-state index < -0.39 is 0 Å². The van der Waals surface area contributed by atoms with E-state index in [0.717, 1.165) is 6.04 Å². The third kappa shape index (κ3) is 3.25. The molecule has 0 bridgehead atoms. The maximum Gasteiger partial charge on any atom is 0.135 e. The van der Waals surface area contributed by atoms with Crippen LogP contribution in [0.15, 0.2) is 0 Å². The Balaban J connectivity index is 1.71. The predicted octanol–water partition coefficient (Wildman–Crippen LogP) is -0.439. The van der Waals surface area contributed by atoms with Gasteiger partial charge in [-0.2, -0.15) is 0 Å². The summed E-state index contributed by atoms with van der Waals surface area (Å²) in [5.41, 5.74) is 0. The van der Waals surface area contributed by atoms with E-state index >= 15 is 0 Å². The Kier molecular flexibility index (Phi) is 4.26. The van der Waals surface area contributed by atoms with Crippen LogP contribution in [-0.4, -0.2) is 32.2 Å². The molecule has 0 radical (unpaired) electrons. The first kappa shape index (κ1) is 10.4. The van der Waals surface area contributed by atoms with Crippen molar-refractivity contribution in [1.29, 1.82) is 0 Å². The van der Waals surface area contributed by atoms with Crippen molar-refractivity contribution < 1.29 is 10.2 Å². The molecule has 0 aromatic carbocycles. The number of quaternary nitrogens is 2. The quantitative estimate of drug-likeness (QED) is 0.600. The summed E-state index contributed by atoms with van der Waals surface area (Å²) in [6, 6.07) is 0.950. The van der Waals surface area contributed by atoms with E-state index in [1.165, 1.54) is 71.1 Å². The summed E-state index contributed by atoms with van der Waals surface area (Å²) < 4.78 is 0. The normalized spacial score (nSPS) is 31.3. The molecule has 0 aromatic heterocycles. The molecule has 2 heteroatoms. The van der Waals surface area contributed by atoms with Crippen LogP contribution in [0.3, 0.4) is 0 Å². The zero-order chi connectivity index (χ0) is 9.64. The fourth-order valence-corrected chi connectivity index (χ4v) is 3.01. The van der Waals surface area contributed by atoms with E-state index in [1.54, 1.807) is 0 Å². The van der Waals surface area contributed by atoms with Gasteiger partial charge in [0.1, 0.15) is 12.6 Å². The molecule has 2 aliphatic rings. The number of nitrogens with two attached hydrogens (primary N) is 1. The monoisotopic (exact) mass is 198 g/mol. The first-order valence-corrected chi connectivity index (χ1v) is 6.62. The van der Waals surface area contributed by atoms with E-state index in [0.29, 0.717) is 0 Å². The molecule has 2 nitrogen and oxygen atoms in total. The third-order valence-corrected chi connectivity index (χ3v) is 3.89. The highest BCUT2D eigenvalue weighted by atomic mass is 15.1. The fourth-order valence-electron chi connectivity index (χ4n) is 3.01. The first-order chi connectivity index (χ1) is 6.95. The van der Waals surface area contributed by atoms with E-state index in [4.69, 9.17) is 0 Å². The molecule has 2 aliphatic heterocycles. The van der Waals surface area contributed by atoms with Gasteiger partial charge in [-0.15, -0.1) is 0 Å². The van der Waals surface area contributed by atoms with Crippen molar-refractivity contribution in [3.05, 3.63) is 0 Å². The van der Waals surface area contributed by atoms with Crippen LogP contribution in [0.1, 0.15) is 44.9 Å². The minimum absolute atomic E-state index is 0.950. The van der Waals surface area contributed by atoms with Crippen LogP contribution in [0.25, 0.3) is 0 Å². The molecule has 0 spiro atoms. The molecular formula is C12H26N2+2. The van der Waals surface area contributed by atoms with Crippen molar-refractivity contribution in [3.63, 3.8) is 0 Å². The standard InChI is InChI=1S/C12H24N2/c1-3-7-12(13-8-4-1)11-14-9-5-2-6-10-14/h12-13H,1-11H2/p+2/t12-/m1/s1. The third-order valence-electron chi connectivity index (χ3n) is 3.89. The molecule has 0 unspecified atom stereocenters. The molecule has 2 heterocycles. The van der Waals surface area contributed by atoms with Gasteiger partial charge in [0.05, 0.1) is 19.6 Å². The Morgan fingerprint density at radius 2 is 1.71 bits per heavy atom. The Morgan fingerprint density at radius 3 is 2.57 bits per heavy atom. The van der Waals surface area contributed by atoms with Gasteiger partial charge in [0.25, 0.3) is 0 Å². The minimum Gasteiger partial charge on any atom is -0.339 e. The second-order valence-corrected chi connectivity index (χ2v) is 5.15. The summed E-state index contributed by atoms with van der Waals surface area (Å²) in [5.74, 6) is 0. The molecule has 82 valence electrons. The molecule has 0 saturated carbocycles. The van der Waals surface area contributed by atoms with E-state index in [1.807, 2.05) is 4.90 Å². The first-order valence-electron chi connectivity index (χ1n) is 6.62. The lowest BCUT2D eigenvalue weighted by atomic mass is 10.1. The number of piperidine rings is 1. The molecular weight excluding hydrogens is 172 g/mol. The van der Waals surface area contributed by atoms with Gasteiger partial charge >= 0.3 is 0 Å². The fraction of sp³-hybridized carbons (Fsp3) is 1.00. The van der Waals surface area contributed by atoms with Crippen molar-refractivity contribution in [1.82, 2.24) is 0 Å². The second-order valence-electron chi connectivity index (χ2n) is 5.15. The van der Waals surface area contributed by atoms with Crippen LogP contribution in [0.4, 0.5) is 0 Å². The van der Waals surface area contributed by atoms with Crippen molar-refractivity contribution in [2.75, 3.05) is 26.2 Å². The van der Waals surface area contributed by atoms with Gasteiger partial charge in [0, 0.05) is 6.42 Å². The van der Waals surface area contributed by atoms with Crippen molar-refractivity contribution in [2.45, 2.75) is 51.0 Å². The SMILES string of the molecule is C1CC[NH2+][C@@H](C[NH+]2CCCCC2)CC1. The van der Waals surface area contributed by atoms with Crippen LogP contribution in [-0.2, 0) is 0 Å². The molecule has 3 N–H and O–H groups in total. The van der Waals surface area contributed by atoms with Crippen LogP contribution in [0.2, 0.25) is 0 Å². The maximum absolute atomic E-state index is 2.62. The average Bonchev–Trinajstić information content (AvgIpc) is 2.48. The highest BCUT2D eigenvalue weighted by Gasteiger charge is 2.22. The number of rotatable bonds is 2. The predicted molar refractivity (Wildman–Crippen MR) is 58.5 cm³/mol. The molecule has 2 rings (SSSR count). The highest BCUT2D eigenvalue weighted by Crippen LogP contribution is 2.03. The zero-order valence-corrected chi connectivity index (χ0v) is 9.43. The van der Waals surface area contributed by atoms with Crippen LogP contribution in [0, 0.1) is 0 Å². The Labute approximate surface area is 88.1 Å². The summed E-state index contributed by atoms with van der Waals surface area (Å²) in [5, 5.41) is 2.62. The van der Waals surface area contributed by atoms with Crippen LogP contribution < -0.4 is 10.2 Å². The number of hydrogen-bond donors (Lipinski definition) is 2. The summed E-state index contributed by atoms with van der Waals surface area (Å²) in [6.07, 6.45) is 10.3. The van der Waals surface area contributed by atoms with Gasteiger partial charge in [0.15, 0.2) is 0 Å². The van der Waals surface area contributed by atoms with Gasteiger partial charge in [-0.25, -0.2) is 0 Å². The topological polar surface area (TPSA) is 21.1 Å². The minimum atomic E-state index is 0.950. The molecule has 0 aromatic rings. The van der Waals surface area contributed by atoms with Crippen LogP contribution >= 0.6 is 0 Å². The smallest absolute Gasteiger partial charge is 0.135 e. The molecule has 14 heavy (non-hydrogen) atoms. The van der Waals surface area contributed by atoms with Gasteiger partial charge in [-0.1, -0.05) is 0 Å². The Hall–Kier alpha value is -0.0800. The Bertz CT molecular complexity index is 144. The number of hydrogen-bond acceptors (Lipinski definition) is 0. The lowest BCUT2D eigenvalue weighted by molar-refractivity contribution is -0.923. The molecule has 2 saturated heterocycles. The van der Waals surface area contributed by atoms with Crippen LogP contribution in [0.5, 0.6) is 0 Å². The van der Waals surface area contributed by atoms with Gasteiger partial charge < -0.3 is 10.2 Å². The highest BCUT2D eigenvalue weighted by molar-refractivity contribution is 4.58. The summed E-state index contributed by atoms with van der Waals surface area (Å²) >= 11 is 0. The van der Waals surface area contributed by atoms with Gasteiger partial charge in [0.2, 0.25) is 0 Å². The number of nitrogens with one attached hydrogen (secondary N) is 1. The van der Waals surface area contributed by atoms with E-state index in [-0.39, 0.29) is 0 Å². The average molecular weight is 198 g/mol. The second kappa shape index (κ2) is 5.72. The zero-order valence-electron chi connectivity index (χ0n) is 9.43. The van der Waals surface area contributed by atoms with Crippen molar-refractivity contribution >= 4 is 0 Å². The summed E-state index contributed by atoms with van der Waals surface area (Å²) in [6.45, 7) is 5.73. The van der Waals surface area contributed by atoms with E-state index in [2.05, 4.69) is 5.32 Å². The van der Waals surface area contributed by atoms with Crippen molar-refractivity contribution in [3.8, 4) is 0 Å². The van der Waals surface area contributed by atoms with E-state index in [9.17, 15) is 0 Å². The number of likely N-dealkylation sites (tertiary alicyclic amines) is 1. The molecule has 0 aliphatic carbocycles.